The zero-order chi connectivity index (χ0) is 15.9. The summed E-state index contributed by atoms with van der Waals surface area (Å²) in [5, 5.41) is 22.5. The van der Waals surface area contributed by atoms with Crippen LogP contribution in [-0.2, 0) is 4.79 Å². The maximum absolute atomic E-state index is 11.0. The first-order valence-electron chi connectivity index (χ1n) is 6.13. The molecule has 0 aliphatic carbocycles. The highest BCUT2D eigenvalue weighted by Crippen LogP contribution is 2.23. The first kappa shape index (κ1) is 14.9. The molecule has 0 aliphatic heterocycles. The minimum absolute atomic E-state index is 0.00250. The van der Waals surface area contributed by atoms with Gasteiger partial charge in [0, 0.05) is 17.7 Å². The van der Waals surface area contributed by atoms with E-state index in [4.69, 9.17) is 9.68 Å². The number of benzene rings is 1. The molecule has 0 spiro atoms. The van der Waals surface area contributed by atoms with Crippen LogP contribution in [0.5, 0.6) is 0 Å². The van der Waals surface area contributed by atoms with Gasteiger partial charge in [-0.2, -0.15) is 10.4 Å². The van der Waals surface area contributed by atoms with E-state index in [1.807, 2.05) is 0 Å². The van der Waals surface area contributed by atoms with Gasteiger partial charge in [-0.1, -0.05) is 0 Å². The summed E-state index contributed by atoms with van der Waals surface area (Å²) in [5.74, 6) is 0.395. The van der Waals surface area contributed by atoms with Crippen LogP contribution in [0.2, 0.25) is 0 Å². The van der Waals surface area contributed by atoms with Crippen LogP contribution in [0.25, 0.3) is 11.3 Å². The number of nitro groups is 1. The standard InChI is InChI=1S/C14H10N4O4/c15-8-7-14(19)17-16-9-12-5-6-13(22-12)10-1-3-11(4-2-10)18(20)21/h1-6,9H,7H2,(H,17,19)/b16-9-. The Kier molecular flexibility index (Phi) is 4.62. The minimum atomic E-state index is -0.513. The van der Waals surface area contributed by atoms with Gasteiger partial charge in [-0.3, -0.25) is 14.9 Å². The molecule has 0 radical (unpaired) electrons. The summed E-state index contributed by atoms with van der Waals surface area (Å²) < 4.78 is 5.48. The lowest BCUT2D eigenvalue weighted by atomic mass is 10.1. The lowest BCUT2D eigenvalue weighted by Crippen LogP contribution is -2.15. The molecule has 0 saturated carbocycles. The number of nitrogens with one attached hydrogen (secondary N) is 1. The molecular formula is C14H10N4O4. The maximum Gasteiger partial charge on any atom is 0.269 e. The summed E-state index contributed by atoms with van der Waals surface area (Å²) in [6.07, 6.45) is 1.02. The van der Waals surface area contributed by atoms with Crippen molar-refractivity contribution in [1.82, 2.24) is 5.43 Å². The number of rotatable bonds is 5. The first-order valence-corrected chi connectivity index (χ1v) is 6.13. The number of furan rings is 1. The second kappa shape index (κ2) is 6.81. The van der Waals surface area contributed by atoms with Crippen LogP contribution in [0.15, 0.2) is 45.9 Å². The lowest BCUT2D eigenvalue weighted by molar-refractivity contribution is -0.384. The second-order valence-corrected chi connectivity index (χ2v) is 4.13. The van der Waals surface area contributed by atoms with Gasteiger partial charge >= 0.3 is 0 Å². The van der Waals surface area contributed by atoms with Crippen molar-refractivity contribution in [2.75, 3.05) is 0 Å². The van der Waals surface area contributed by atoms with Gasteiger partial charge in [0.1, 0.15) is 17.9 Å². The number of nitrogens with zero attached hydrogens (tertiary/aromatic N) is 3. The molecule has 0 saturated heterocycles. The van der Waals surface area contributed by atoms with Crippen molar-refractivity contribution in [3.8, 4) is 17.4 Å². The van der Waals surface area contributed by atoms with E-state index in [0.29, 0.717) is 17.1 Å². The predicted octanol–water partition coefficient (Wildman–Crippen LogP) is 2.22. The number of carbonyl (C=O) groups excluding carboxylic acids is 1. The van der Waals surface area contributed by atoms with Gasteiger partial charge in [-0.25, -0.2) is 5.43 Å². The molecule has 8 heteroatoms. The molecule has 0 unspecified atom stereocenters. The molecular weight excluding hydrogens is 288 g/mol. The highest BCUT2D eigenvalue weighted by molar-refractivity contribution is 5.81. The van der Waals surface area contributed by atoms with Crippen molar-refractivity contribution in [1.29, 1.82) is 5.26 Å². The number of nitriles is 1. The Bertz CT molecular complexity index is 756. The van der Waals surface area contributed by atoms with Crippen molar-refractivity contribution in [3.63, 3.8) is 0 Å². The predicted molar refractivity (Wildman–Crippen MR) is 76.8 cm³/mol. The third-order valence-electron chi connectivity index (χ3n) is 2.61. The van der Waals surface area contributed by atoms with E-state index in [9.17, 15) is 14.9 Å². The van der Waals surface area contributed by atoms with Crippen LogP contribution in [-0.4, -0.2) is 17.0 Å². The molecule has 110 valence electrons. The topological polar surface area (TPSA) is 122 Å². The molecule has 2 rings (SSSR count). The van der Waals surface area contributed by atoms with Gasteiger partial charge in [-0.05, 0) is 24.3 Å². The van der Waals surface area contributed by atoms with Gasteiger partial charge in [0.2, 0.25) is 0 Å². The molecule has 8 nitrogen and oxygen atoms in total. The highest BCUT2D eigenvalue weighted by Gasteiger charge is 2.07. The van der Waals surface area contributed by atoms with Gasteiger partial charge in [-0.15, -0.1) is 0 Å². The zero-order valence-corrected chi connectivity index (χ0v) is 11.2. The fourth-order valence-electron chi connectivity index (χ4n) is 1.60. The van der Waals surface area contributed by atoms with Crippen LogP contribution in [0.1, 0.15) is 12.2 Å². The number of nitro benzene ring substituents is 1. The largest absolute Gasteiger partial charge is 0.455 e. The Labute approximate surface area is 124 Å². The average molecular weight is 298 g/mol. The summed E-state index contributed by atoms with van der Waals surface area (Å²) in [5.41, 5.74) is 2.85. The Morgan fingerprint density at radius 2 is 2.09 bits per heavy atom. The number of carbonyl (C=O) groups is 1. The Morgan fingerprint density at radius 1 is 1.36 bits per heavy atom. The monoisotopic (exact) mass is 298 g/mol. The van der Waals surface area contributed by atoms with E-state index in [1.165, 1.54) is 18.3 Å². The third kappa shape index (κ3) is 3.77. The SMILES string of the molecule is N#CCC(=O)N/N=C\c1ccc(-c2ccc([N+](=O)[O-])cc2)o1. The van der Waals surface area contributed by atoms with Gasteiger partial charge in [0.05, 0.1) is 17.2 Å². The normalized spacial score (nSPS) is 10.3. The molecule has 1 amide bonds. The fraction of sp³-hybridized carbons (Fsp3) is 0.0714. The van der Waals surface area contributed by atoms with E-state index in [2.05, 4.69) is 10.5 Å². The molecule has 2 aromatic rings. The minimum Gasteiger partial charge on any atom is -0.455 e. The third-order valence-corrected chi connectivity index (χ3v) is 2.61. The molecule has 1 aromatic heterocycles. The number of hydrogen-bond donors (Lipinski definition) is 1. The van der Waals surface area contributed by atoms with Crippen LogP contribution in [0.3, 0.4) is 0 Å². The molecule has 0 fully saturated rings. The maximum atomic E-state index is 11.0. The zero-order valence-electron chi connectivity index (χ0n) is 11.2. The summed E-state index contributed by atoms with van der Waals surface area (Å²) in [7, 11) is 0. The second-order valence-electron chi connectivity index (χ2n) is 4.13. The quantitative estimate of drug-likeness (QED) is 0.515. The number of non-ortho nitro benzene ring substituents is 1. The summed E-state index contributed by atoms with van der Waals surface area (Å²) in [6, 6.07) is 10.9. The van der Waals surface area contributed by atoms with Crippen molar-refractivity contribution >= 4 is 17.8 Å². The Hall–Kier alpha value is -3.47. The molecule has 1 aromatic carbocycles. The van der Waals surface area contributed by atoms with Crippen LogP contribution in [0.4, 0.5) is 5.69 Å². The molecule has 1 heterocycles. The van der Waals surface area contributed by atoms with E-state index < -0.39 is 10.8 Å². The highest BCUT2D eigenvalue weighted by atomic mass is 16.6. The average Bonchev–Trinajstić information content (AvgIpc) is 2.96. The van der Waals surface area contributed by atoms with Gasteiger partial charge < -0.3 is 4.42 Å². The van der Waals surface area contributed by atoms with E-state index in [1.54, 1.807) is 30.3 Å². The Balaban J connectivity index is 2.05. The summed E-state index contributed by atoms with van der Waals surface area (Å²) >= 11 is 0. The van der Waals surface area contributed by atoms with E-state index in [0.717, 1.165) is 0 Å². The molecule has 1 N–H and O–H groups in total. The lowest BCUT2D eigenvalue weighted by Gasteiger charge is -1.96. The summed E-state index contributed by atoms with van der Waals surface area (Å²) in [4.78, 5) is 21.1. The van der Waals surface area contributed by atoms with Crippen molar-refractivity contribution in [2.24, 2.45) is 5.10 Å². The van der Waals surface area contributed by atoms with Crippen LogP contribution in [0, 0.1) is 21.4 Å². The Morgan fingerprint density at radius 3 is 2.73 bits per heavy atom. The van der Waals surface area contributed by atoms with Gasteiger partial charge in [0.15, 0.2) is 0 Å². The first-order chi connectivity index (χ1) is 10.6. The smallest absolute Gasteiger partial charge is 0.269 e. The van der Waals surface area contributed by atoms with Crippen LogP contribution >= 0.6 is 0 Å². The molecule has 22 heavy (non-hydrogen) atoms. The number of hydrazone groups is 1. The summed E-state index contributed by atoms with van der Waals surface area (Å²) in [6.45, 7) is 0. The van der Waals surface area contributed by atoms with Crippen molar-refractivity contribution in [2.45, 2.75) is 6.42 Å². The number of amides is 1. The fourth-order valence-corrected chi connectivity index (χ4v) is 1.60. The number of hydrogen-bond acceptors (Lipinski definition) is 6. The molecule has 0 atom stereocenters. The molecule has 0 bridgehead atoms. The molecule has 0 aliphatic rings. The van der Waals surface area contributed by atoms with Crippen molar-refractivity contribution < 1.29 is 14.1 Å². The van der Waals surface area contributed by atoms with Crippen LogP contribution < -0.4 is 5.43 Å². The van der Waals surface area contributed by atoms with E-state index >= 15 is 0 Å². The van der Waals surface area contributed by atoms with Gasteiger partial charge in [0.25, 0.3) is 11.6 Å². The van der Waals surface area contributed by atoms with E-state index in [-0.39, 0.29) is 12.1 Å². The van der Waals surface area contributed by atoms with Crippen molar-refractivity contribution in [3.05, 3.63) is 52.3 Å².